The van der Waals surface area contributed by atoms with Gasteiger partial charge in [0.1, 0.15) is 19.2 Å². The second-order valence-electron chi connectivity index (χ2n) is 7.91. The maximum absolute atomic E-state index is 12.2. The Morgan fingerprint density at radius 2 is 1.93 bits per heavy atom. The summed E-state index contributed by atoms with van der Waals surface area (Å²) in [7, 11) is 1.92. The van der Waals surface area contributed by atoms with Crippen LogP contribution >= 0.6 is 0 Å². The predicted octanol–water partition coefficient (Wildman–Crippen LogP) is 4.20. The molecule has 0 saturated heterocycles. The van der Waals surface area contributed by atoms with Crippen LogP contribution in [0.2, 0.25) is 0 Å². The molecule has 0 atom stereocenters. The number of amides is 1. The number of hydrogen-bond acceptors (Lipinski definition) is 3. The van der Waals surface area contributed by atoms with Gasteiger partial charge in [-0.05, 0) is 58.3 Å². The monoisotopic (exact) mass is 389 g/mol. The quantitative estimate of drug-likeness (QED) is 0.527. The highest BCUT2D eigenvalue weighted by Gasteiger charge is 2.22. The van der Waals surface area contributed by atoms with Gasteiger partial charge in [-0.1, -0.05) is 19.1 Å². The Bertz CT molecular complexity index is 775. The molecule has 1 aliphatic rings. The summed E-state index contributed by atoms with van der Waals surface area (Å²) in [6, 6.07) is 0. The van der Waals surface area contributed by atoms with Crippen molar-refractivity contribution in [1.82, 2.24) is 5.32 Å². The van der Waals surface area contributed by atoms with Gasteiger partial charge in [-0.25, -0.2) is 14.2 Å². The van der Waals surface area contributed by atoms with E-state index in [2.05, 4.69) is 5.32 Å². The van der Waals surface area contributed by atoms with E-state index in [1.807, 2.05) is 71.5 Å². The number of hydrogen-bond donors (Lipinski definition) is 2. The van der Waals surface area contributed by atoms with Crippen LogP contribution in [0.5, 0.6) is 0 Å². The molecule has 0 bridgehead atoms. The van der Waals surface area contributed by atoms with Gasteiger partial charge >= 0.3 is 12.1 Å². The first-order valence-corrected chi connectivity index (χ1v) is 9.52. The van der Waals surface area contributed by atoms with Gasteiger partial charge in [0.05, 0.1) is 11.1 Å². The maximum Gasteiger partial charge on any atom is 0.412 e. The van der Waals surface area contributed by atoms with E-state index >= 15 is 0 Å². The van der Waals surface area contributed by atoms with E-state index in [1.165, 1.54) is 0 Å². The normalized spacial score (nSPS) is 16.7. The van der Waals surface area contributed by atoms with Crippen molar-refractivity contribution in [3.8, 4) is 0 Å². The van der Waals surface area contributed by atoms with E-state index in [1.54, 1.807) is 6.08 Å². The molecule has 0 aromatic carbocycles. The molecule has 0 aromatic heterocycles. The summed E-state index contributed by atoms with van der Waals surface area (Å²) in [6.07, 6.45) is 8.27. The number of aliphatic carboxylic acids is 1. The number of nitrogens with zero attached hydrogens (tertiary/aromatic N) is 1. The highest BCUT2D eigenvalue weighted by Crippen LogP contribution is 2.20. The van der Waals surface area contributed by atoms with Crippen molar-refractivity contribution in [3.05, 3.63) is 46.2 Å². The van der Waals surface area contributed by atoms with Gasteiger partial charge in [0.2, 0.25) is 0 Å². The van der Waals surface area contributed by atoms with Gasteiger partial charge < -0.3 is 9.84 Å². The fourth-order valence-corrected chi connectivity index (χ4v) is 2.75. The van der Waals surface area contributed by atoms with E-state index in [-0.39, 0.29) is 0 Å². The lowest BCUT2D eigenvalue weighted by Gasteiger charge is -2.20. The van der Waals surface area contributed by atoms with Crippen LogP contribution in [-0.2, 0) is 9.53 Å². The average Bonchev–Trinajstić information content (AvgIpc) is 2.56. The average molecular weight is 390 g/mol. The Morgan fingerprint density at radius 3 is 2.46 bits per heavy atom. The first kappa shape index (κ1) is 23.4. The second-order valence-corrected chi connectivity index (χ2v) is 7.91. The third kappa shape index (κ3) is 7.55. The Balaban J connectivity index is 3.24. The zero-order valence-electron chi connectivity index (χ0n) is 18.0. The lowest BCUT2D eigenvalue weighted by molar-refractivity contribution is -0.492. The highest BCUT2D eigenvalue weighted by molar-refractivity contribution is 5.97. The zero-order chi connectivity index (χ0) is 21.5. The molecule has 0 spiro atoms. The van der Waals surface area contributed by atoms with Crippen LogP contribution in [0.15, 0.2) is 46.2 Å². The topological polar surface area (TPSA) is 78.6 Å². The molecule has 0 aliphatic carbocycles. The smallest absolute Gasteiger partial charge is 0.412 e. The number of nitrogens with one attached hydrogen (secondary N) is 1. The number of ether oxygens (including phenoxy) is 1. The van der Waals surface area contributed by atoms with Crippen molar-refractivity contribution in [3.63, 3.8) is 0 Å². The van der Waals surface area contributed by atoms with E-state index in [9.17, 15) is 14.7 Å². The molecule has 1 rings (SSSR count). The maximum atomic E-state index is 12.2. The lowest BCUT2D eigenvalue weighted by Crippen LogP contribution is -2.32. The highest BCUT2D eigenvalue weighted by atomic mass is 16.6. The summed E-state index contributed by atoms with van der Waals surface area (Å²) in [4.78, 5) is 23.8. The number of carbonyl (C=O) groups excluding carboxylic acids is 1. The molecule has 0 radical (unpaired) electrons. The van der Waals surface area contributed by atoms with Crippen molar-refractivity contribution in [2.75, 3.05) is 13.6 Å². The van der Waals surface area contributed by atoms with E-state index < -0.39 is 17.7 Å². The molecule has 28 heavy (non-hydrogen) atoms. The third-order valence-electron chi connectivity index (χ3n) is 4.14. The van der Waals surface area contributed by atoms with Gasteiger partial charge in [0.15, 0.2) is 6.21 Å². The molecular formula is C22H33N2O4+. The molecule has 1 amide bonds. The van der Waals surface area contributed by atoms with Crippen molar-refractivity contribution in [2.45, 2.75) is 60.0 Å². The molecule has 0 aromatic rings. The second kappa shape index (κ2) is 10.1. The molecule has 0 saturated carbocycles. The molecule has 0 unspecified atom stereocenters. The minimum Gasteiger partial charge on any atom is -0.478 e. The minimum absolute atomic E-state index is 0.405. The van der Waals surface area contributed by atoms with E-state index in [4.69, 9.17) is 4.74 Å². The van der Waals surface area contributed by atoms with Crippen molar-refractivity contribution >= 4 is 18.3 Å². The summed E-state index contributed by atoms with van der Waals surface area (Å²) in [5.41, 5.74) is 2.86. The fourth-order valence-electron chi connectivity index (χ4n) is 2.75. The van der Waals surface area contributed by atoms with Crippen molar-refractivity contribution < 1.29 is 24.0 Å². The molecular weight excluding hydrogens is 356 g/mol. The molecule has 1 heterocycles. The Hall–Kier alpha value is -2.63. The Kier molecular flexibility index (Phi) is 8.41. The van der Waals surface area contributed by atoms with Crippen LogP contribution in [0.25, 0.3) is 0 Å². The van der Waals surface area contributed by atoms with Gasteiger partial charge in [-0.3, -0.25) is 5.32 Å². The molecule has 2 N–H and O–H groups in total. The van der Waals surface area contributed by atoms with Gasteiger partial charge in [-0.15, -0.1) is 0 Å². The molecule has 154 valence electrons. The van der Waals surface area contributed by atoms with E-state index in [0.717, 1.165) is 17.6 Å². The predicted molar refractivity (Wildman–Crippen MR) is 112 cm³/mol. The number of rotatable bonds is 6. The summed E-state index contributed by atoms with van der Waals surface area (Å²) >= 11 is 0. The minimum atomic E-state index is -0.898. The summed E-state index contributed by atoms with van der Waals surface area (Å²) in [6.45, 7) is 11.9. The number of allylic oxidation sites excluding steroid dienone is 6. The van der Waals surface area contributed by atoms with Crippen molar-refractivity contribution in [2.24, 2.45) is 0 Å². The standard InChI is InChI=1S/C22H32N2O4/c1-8-9-16(3)19(23-21(27)28-22(4,5)6)11-10-15(2)18-14-24(7)13-12-17(18)20(25)26/h9-11,14H,8,12-13H2,1-7H3,(H-,23,25,26,27)/p+1/b15-10+,16-9+,19-11+. The van der Waals surface area contributed by atoms with Crippen LogP contribution in [0.3, 0.4) is 0 Å². The number of carboxylic acids is 1. The molecule has 6 nitrogen and oxygen atoms in total. The van der Waals surface area contributed by atoms with Gasteiger partial charge in [-0.2, -0.15) is 0 Å². The number of alkyl carbamates (subject to hydrolysis) is 1. The largest absolute Gasteiger partial charge is 0.478 e. The summed E-state index contributed by atoms with van der Waals surface area (Å²) < 4.78 is 7.32. The van der Waals surface area contributed by atoms with Crippen molar-refractivity contribution in [1.29, 1.82) is 0 Å². The van der Waals surface area contributed by atoms with Gasteiger partial charge in [0, 0.05) is 12.1 Å². The van der Waals surface area contributed by atoms with Crippen LogP contribution in [0, 0.1) is 0 Å². The molecule has 6 heteroatoms. The summed E-state index contributed by atoms with van der Waals surface area (Å²) in [5, 5.41) is 12.3. The van der Waals surface area contributed by atoms with Crippen LogP contribution in [0.1, 0.15) is 54.4 Å². The van der Waals surface area contributed by atoms with Crippen LogP contribution in [-0.4, -0.2) is 47.2 Å². The Labute approximate surface area is 168 Å². The van der Waals surface area contributed by atoms with E-state index in [0.29, 0.717) is 29.8 Å². The van der Waals surface area contributed by atoms with Crippen LogP contribution in [0.4, 0.5) is 4.79 Å². The van der Waals surface area contributed by atoms with Crippen LogP contribution < -0.4 is 5.32 Å². The zero-order valence-corrected chi connectivity index (χ0v) is 18.0. The fraction of sp³-hybridized carbons (Fsp3) is 0.500. The molecule has 0 fully saturated rings. The molecule has 1 aliphatic heterocycles. The first-order chi connectivity index (χ1) is 12.9. The Morgan fingerprint density at radius 1 is 1.29 bits per heavy atom. The lowest BCUT2D eigenvalue weighted by atomic mass is 9.96. The van der Waals surface area contributed by atoms with Gasteiger partial charge in [0.25, 0.3) is 0 Å². The third-order valence-corrected chi connectivity index (χ3v) is 4.14. The number of carboxylic acid groups (broad SMARTS) is 1. The summed E-state index contributed by atoms with van der Waals surface area (Å²) in [5.74, 6) is -0.898. The first-order valence-electron chi connectivity index (χ1n) is 9.52. The SMILES string of the molecule is CC/C=C(C)/C(=C\C=C(/C)C1=C(C(=O)O)CC[N+](C)=C1)NC(=O)OC(C)(C)C. The number of carbonyl (C=O) groups is 2.